The Labute approximate surface area is 152 Å². The van der Waals surface area contributed by atoms with E-state index in [2.05, 4.69) is 0 Å². The van der Waals surface area contributed by atoms with E-state index in [9.17, 15) is 14.7 Å². The molecule has 0 spiro atoms. The molecule has 0 bridgehead atoms. The van der Waals surface area contributed by atoms with Crippen LogP contribution in [0.2, 0.25) is 0 Å². The number of carboxylic acid groups (broad SMARTS) is 1. The van der Waals surface area contributed by atoms with Crippen LogP contribution in [0.25, 0.3) is 0 Å². The standard InChI is InChI=1S/C20H23NO5/c1-4-9-21(16-7-8-17(13(2)22)18(23)11-16)12-15-6-5-14(20(24)25)10-19(15)26-3/h5-8,10-11,23H,4,9,12H2,1-3H3,(H,24,25). The van der Waals surface area contributed by atoms with Gasteiger partial charge in [0.2, 0.25) is 0 Å². The van der Waals surface area contributed by atoms with Gasteiger partial charge in [0.1, 0.15) is 11.5 Å². The number of phenols is 1. The number of methoxy groups -OCH3 is 1. The molecular weight excluding hydrogens is 334 g/mol. The second-order valence-corrected chi connectivity index (χ2v) is 6.01. The summed E-state index contributed by atoms with van der Waals surface area (Å²) in [6.45, 7) is 4.66. The third kappa shape index (κ3) is 4.33. The predicted molar refractivity (Wildman–Crippen MR) is 99.4 cm³/mol. The van der Waals surface area contributed by atoms with Crippen LogP contribution in [0.15, 0.2) is 36.4 Å². The summed E-state index contributed by atoms with van der Waals surface area (Å²) in [5.74, 6) is -0.757. The number of ketones is 1. The first kappa shape index (κ1) is 19.3. The molecule has 0 heterocycles. The van der Waals surface area contributed by atoms with Crippen LogP contribution < -0.4 is 9.64 Å². The summed E-state index contributed by atoms with van der Waals surface area (Å²) in [6.07, 6.45) is 0.880. The maximum atomic E-state index is 11.5. The van der Waals surface area contributed by atoms with Gasteiger partial charge in [0, 0.05) is 30.4 Å². The van der Waals surface area contributed by atoms with Crippen LogP contribution in [-0.4, -0.2) is 35.6 Å². The summed E-state index contributed by atoms with van der Waals surface area (Å²) in [6, 6.07) is 9.75. The van der Waals surface area contributed by atoms with Crippen LogP contribution in [0.5, 0.6) is 11.5 Å². The molecule has 0 radical (unpaired) electrons. The first-order valence-electron chi connectivity index (χ1n) is 8.36. The van der Waals surface area contributed by atoms with Gasteiger partial charge in [-0.2, -0.15) is 0 Å². The molecule has 2 rings (SSSR count). The summed E-state index contributed by atoms with van der Waals surface area (Å²) in [5.41, 5.74) is 2.06. The van der Waals surface area contributed by atoms with Gasteiger partial charge in [-0.3, -0.25) is 4.79 Å². The number of ether oxygens (including phenoxy) is 1. The van der Waals surface area contributed by atoms with Crippen molar-refractivity contribution in [1.29, 1.82) is 0 Å². The Balaban J connectivity index is 2.35. The lowest BCUT2D eigenvalue weighted by atomic mass is 10.1. The summed E-state index contributed by atoms with van der Waals surface area (Å²) >= 11 is 0. The normalized spacial score (nSPS) is 10.4. The van der Waals surface area contributed by atoms with E-state index in [-0.39, 0.29) is 22.7 Å². The van der Waals surface area contributed by atoms with Crippen molar-refractivity contribution in [3.05, 3.63) is 53.1 Å². The van der Waals surface area contributed by atoms with Crippen LogP contribution in [-0.2, 0) is 6.54 Å². The average molecular weight is 357 g/mol. The van der Waals surface area contributed by atoms with Gasteiger partial charge in [-0.25, -0.2) is 4.79 Å². The molecule has 138 valence electrons. The zero-order valence-electron chi connectivity index (χ0n) is 15.2. The second-order valence-electron chi connectivity index (χ2n) is 6.01. The smallest absolute Gasteiger partial charge is 0.335 e. The van der Waals surface area contributed by atoms with E-state index < -0.39 is 5.97 Å². The molecule has 2 N–H and O–H groups in total. The Kier molecular flexibility index (Phi) is 6.22. The summed E-state index contributed by atoms with van der Waals surface area (Å²) in [7, 11) is 1.50. The molecule has 0 amide bonds. The third-order valence-electron chi connectivity index (χ3n) is 4.11. The number of hydrogen-bond donors (Lipinski definition) is 2. The van der Waals surface area contributed by atoms with Gasteiger partial charge in [-0.15, -0.1) is 0 Å². The molecule has 6 heteroatoms. The highest BCUT2D eigenvalue weighted by Crippen LogP contribution is 2.29. The van der Waals surface area contributed by atoms with Crippen molar-refractivity contribution in [3.63, 3.8) is 0 Å². The highest BCUT2D eigenvalue weighted by atomic mass is 16.5. The Morgan fingerprint density at radius 2 is 1.88 bits per heavy atom. The SMILES string of the molecule is CCCN(Cc1ccc(C(=O)O)cc1OC)c1ccc(C(C)=O)c(O)c1. The number of hydrogen-bond acceptors (Lipinski definition) is 5. The molecular formula is C20H23NO5. The minimum Gasteiger partial charge on any atom is -0.507 e. The van der Waals surface area contributed by atoms with Crippen molar-refractivity contribution in [1.82, 2.24) is 0 Å². The Bertz CT molecular complexity index is 816. The van der Waals surface area contributed by atoms with E-state index >= 15 is 0 Å². The zero-order valence-corrected chi connectivity index (χ0v) is 15.2. The lowest BCUT2D eigenvalue weighted by Gasteiger charge is -2.26. The molecule has 0 fully saturated rings. The molecule has 2 aromatic rings. The Hall–Kier alpha value is -3.02. The highest BCUT2D eigenvalue weighted by Gasteiger charge is 2.15. The van der Waals surface area contributed by atoms with Gasteiger partial charge < -0.3 is 19.8 Å². The highest BCUT2D eigenvalue weighted by molar-refractivity contribution is 5.97. The largest absolute Gasteiger partial charge is 0.507 e. The number of carboxylic acids is 1. The number of benzene rings is 2. The van der Waals surface area contributed by atoms with E-state index in [1.54, 1.807) is 30.3 Å². The van der Waals surface area contributed by atoms with Crippen molar-refractivity contribution in [3.8, 4) is 11.5 Å². The fraction of sp³-hybridized carbons (Fsp3) is 0.300. The molecule has 0 saturated carbocycles. The molecule has 2 aromatic carbocycles. The van der Waals surface area contributed by atoms with Crippen molar-refractivity contribution in [2.75, 3.05) is 18.6 Å². The second kappa shape index (κ2) is 8.38. The number of carbonyl (C=O) groups excluding carboxylic acids is 1. The number of phenolic OH excluding ortho intramolecular Hbond substituents is 1. The molecule has 0 atom stereocenters. The lowest BCUT2D eigenvalue weighted by molar-refractivity contribution is 0.0696. The van der Waals surface area contributed by atoms with Crippen LogP contribution in [0.1, 0.15) is 46.5 Å². The van der Waals surface area contributed by atoms with Crippen LogP contribution in [0, 0.1) is 0 Å². The predicted octanol–water partition coefficient (Wildman–Crippen LogP) is 3.72. The number of nitrogens with zero attached hydrogens (tertiary/aromatic N) is 1. The molecule has 0 saturated heterocycles. The minimum absolute atomic E-state index is 0.0516. The monoisotopic (exact) mass is 357 g/mol. The molecule has 26 heavy (non-hydrogen) atoms. The minimum atomic E-state index is -1.01. The summed E-state index contributed by atoms with van der Waals surface area (Å²) < 4.78 is 5.34. The Morgan fingerprint density at radius 3 is 2.42 bits per heavy atom. The van der Waals surface area contributed by atoms with E-state index in [0.29, 0.717) is 12.3 Å². The van der Waals surface area contributed by atoms with Gasteiger partial charge in [-0.05, 0) is 37.6 Å². The first-order chi connectivity index (χ1) is 12.4. The van der Waals surface area contributed by atoms with Crippen molar-refractivity contribution in [2.24, 2.45) is 0 Å². The molecule has 0 unspecified atom stereocenters. The van der Waals surface area contributed by atoms with Crippen LogP contribution >= 0.6 is 0 Å². The van der Waals surface area contributed by atoms with E-state index in [1.165, 1.54) is 20.1 Å². The van der Waals surface area contributed by atoms with Crippen LogP contribution in [0.3, 0.4) is 0 Å². The Morgan fingerprint density at radius 1 is 1.15 bits per heavy atom. The number of aromatic carboxylic acids is 1. The maximum absolute atomic E-state index is 11.5. The van der Waals surface area contributed by atoms with Crippen molar-refractivity contribution in [2.45, 2.75) is 26.8 Å². The van der Waals surface area contributed by atoms with E-state index in [0.717, 1.165) is 24.2 Å². The van der Waals surface area contributed by atoms with E-state index in [4.69, 9.17) is 9.84 Å². The fourth-order valence-electron chi connectivity index (χ4n) is 2.80. The first-order valence-corrected chi connectivity index (χ1v) is 8.36. The number of aromatic hydroxyl groups is 1. The molecule has 0 aromatic heterocycles. The van der Waals surface area contributed by atoms with Gasteiger partial charge >= 0.3 is 5.97 Å². The van der Waals surface area contributed by atoms with Gasteiger partial charge in [-0.1, -0.05) is 13.0 Å². The molecule has 6 nitrogen and oxygen atoms in total. The van der Waals surface area contributed by atoms with Crippen molar-refractivity contribution >= 4 is 17.4 Å². The number of carbonyl (C=O) groups is 2. The molecule has 0 aliphatic rings. The fourth-order valence-corrected chi connectivity index (χ4v) is 2.80. The quantitative estimate of drug-likeness (QED) is 0.700. The summed E-state index contributed by atoms with van der Waals surface area (Å²) in [4.78, 5) is 24.7. The molecule has 0 aliphatic heterocycles. The average Bonchev–Trinajstić information content (AvgIpc) is 2.60. The lowest BCUT2D eigenvalue weighted by Crippen LogP contribution is -2.24. The van der Waals surface area contributed by atoms with Gasteiger partial charge in [0.25, 0.3) is 0 Å². The third-order valence-corrected chi connectivity index (χ3v) is 4.11. The number of anilines is 1. The number of rotatable bonds is 8. The van der Waals surface area contributed by atoms with Gasteiger partial charge in [0.15, 0.2) is 5.78 Å². The number of Topliss-reactive ketones (excluding diaryl/α,β-unsaturated/α-hetero) is 1. The zero-order chi connectivity index (χ0) is 19.3. The topological polar surface area (TPSA) is 87.1 Å². The van der Waals surface area contributed by atoms with Gasteiger partial charge in [0.05, 0.1) is 18.2 Å². The molecule has 0 aliphatic carbocycles. The van der Waals surface area contributed by atoms with E-state index in [1.807, 2.05) is 11.8 Å². The maximum Gasteiger partial charge on any atom is 0.335 e. The van der Waals surface area contributed by atoms with Crippen LogP contribution in [0.4, 0.5) is 5.69 Å². The van der Waals surface area contributed by atoms with Crippen molar-refractivity contribution < 1.29 is 24.5 Å². The summed E-state index contributed by atoms with van der Waals surface area (Å²) in [5, 5.41) is 19.2.